The third-order valence-corrected chi connectivity index (χ3v) is 4.22. The van der Waals surface area contributed by atoms with Crippen molar-refractivity contribution in [3.05, 3.63) is 41.5 Å². The summed E-state index contributed by atoms with van der Waals surface area (Å²) in [6.07, 6.45) is 0. The molecule has 0 aromatic heterocycles. The van der Waals surface area contributed by atoms with E-state index in [1.807, 2.05) is 0 Å². The summed E-state index contributed by atoms with van der Waals surface area (Å²) in [5.41, 5.74) is 4.63. The Kier molecular flexibility index (Phi) is 8.52. The van der Waals surface area contributed by atoms with Crippen molar-refractivity contribution in [3.8, 4) is 28.7 Å². The second-order valence-corrected chi connectivity index (χ2v) is 6.03. The number of ether oxygens (including phenoxy) is 6. The number of carbonyl (C=O) groups is 3. The van der Waals surface area contributed by atoms with Crippen LogP contribution in [0.3, 0.4) is 0 Å². The Labute approximate surface area is 184 Å². The van der Waals surface area contributed by atoms with Crippen molar-refractivity contribution in [2.45, 2.75) is 0 Å². The largest absolute Gasteiger partial charge is 0.493 e. The molecule has 172 valence electrons. The van der Waals surface area contributed by atoms with Gasteiger partial charge in [-0.1, -0.05) is 0 Å². The fraction of sp³-hybridized carbons (Fsp3) is 0.286. The number of nitrogens with one attached hydrogen (secondary N) is 2. The Hall–Kier alpha value is -4.15. The summed E-state index contributed by atoms with van der Waals surface area (Å²) in [7, 11) is 7.09. The van der Waals surface area contributed by atoms with Gasteiger partial charge in [-0.2, -0.15) is 0 Å². The van der Waals surface area contributed by atoms with Crippen LogP contribution in [0.1, 0.15) is 20.7 Å². The molecule has 0 unspecified atom stereocenters. The first-order chi connectivity index (χ1) is 15.4. The summed E-state index contributed by atoms with van der Waals surface area (Å²) in [5, 5.41) is 0. The molecule has 0 fully saturated rings. The Morgan fingerprint density at radius 3 is 1.94 bits per heavy atom. The molecule has 0 aliphatic rings. The normalized spacial score (nSPS) is 9.91. The summed E-state index contributed by atoms with van der Waals surface area (Å²) < 4.78 is 30.8. The monoisotopic (exact) mass is 448 g/mol. The summed E-state index contributed by atoms with van der Waals surface area (Å²) in [5.74, 6) is -0.732. The first kappa shape index (κ1) is 24.1. The van der Waals surface area contributed by atoms with Gasteiger partial charge in [0.2, 0.25) is 5.75 Å². The minimum absolute atomic E-state index is 0.0345. The second kappa shape index (κ2) is 11.3. The van der Waals surface area contributed by atoms with E-state index in [9.17, 15) is 14.4 Å². The van der Waals surface area contributed by atoms with Gasteiger partial charge >= 0.3 is 5.97 Å². The molecule has 0 atom stereocenters. The number of benzene rings is 2. The molecular formula is C21H24N2O9. The molecule has 0 aliphatic carbocycles. The van der Waals surface area contributed by atoms with Crippen LogP contribution in [0.2, 0.25) is 0 Å². The number of hydrazine groups is 1. The Morgan fingerprint density at radius 1 is 0.719 bits per heavy atom. The van der Waals surface area contributed by atoms with E-state index in [0.29, 0.717) is 17.2 Å². The zero-order valence-electron chi connectivity index (χ0n) is 18.3. The van der Waals surface area contributed by atoms with Crippen LogP contribution in [0.5, 0.6) is 28.7 Å². The highest BCUT2D eigenvalue weighted by Crippen LogP contribution is 2.39. The Balaban J connectivity index is 1.96. The van der Waals surface area contributed by atoms with E-state index < -0.39 is 24.4 Å². The average Bonchev–Trinajstić information content (AvgIpc) is 2.83. The van der Waals surface area contributed by atoms with Gasteiger partial charge in [0.05, 0.1) is 35.5 Å². The predicted molar refractivity (Wildman–Crippen MR) is 112 cm³/mol. The molecule has 2 aromatic rings. The molecule has 0 saturated heterocycles. The first-order valence-corrected chi connectivity index (χ1v) is 9.17. The standard InChI is InChI=1S/C21H24N2O9/c1-27-14-8-6-12(10-16(14)29-3)20(25)23-22-17(24)11-32-21(26)13-7-9-15(28-2)19(31-5)18(13)30-4/h6-10H,11H2,1-5H3,(H,22,24)(H,23,25). The fourth-order valence-corrected chi connectivity index (χ4v) is 2.68. The second-order valence-electron chi connectivity index (χ2n) is 6.03. The SMILES string of the molecule is COc1ccc(C(=O)NNC(=O)COC(=O)c2ccc(OC)c(OC)c2OC)cc1OC. The van der Waals surface area contributed by atoms with Crippen molar-refractivity contribution in [2.75, 3.05) is 42.2 Å². The fourth-order valence-electron chi connectivity index (χ4n) is 2.68. The topological polar surface area (TPSA) is 131 Å². The lowest BCUT2D eigenvalue weighted by Gasteiger charge is -2.15. The van der Waals surface area contributed by atoms with Gasteiger partial charge in [0.15, 0.2) is 29.6 Å². The number of esters is 1. The summed E-state index contributed by atoms with van der Waals surface area (Å²) in [6, 6.07) is 7.41. The van der Waals surface area contributed by atoms with Gasteiger partial charge in [-0.3, -0.25) is 20.4 Å². The number of methoxy groups -OCH3 is 5. The van der Waals surface area contributed by atoms with Crippen LogP contribution in [-0.4, -0.2) is 59.9 Å². The minimum atomic E-state index is -0.829. The van der Waals surface area contributed by atoms with Gasteiger partial charge in [0, 0.05) is 5.56 Å². The van der Waals surface area contributed by atoms with Gasteiger partial charge in [-0.05, 0) is 30.3 Å². The maximum Gasteiger partial charge on any atom is 0.342 e. The molecule has 11 heteroatoms. The molecule has 2 amide bonds. The number of hydrogen-bond donors (Lipinski definition) is 2. The van der Waals surface area contributed by atoms with Crippen LogP contribution in [-0.2, 0) is 9.53 Å². The molecule has 0 radical (unpaired) electrons. The molecule has 2 N–H and O–H groups in total. The molecule has 0 heterocycles. The molecular weight excluding hydrogens is 424 g/mol. The van der Waals surface area contributed by atoms with Crippen LogP contribution < -0.4 is 34.5 Å². The van der Waals surface area contributed by atoms with Crippen molar-refractivity contribution >= 4 is 17.8 Å². The number of hydrogen-bond acceptors (Lipinski definition) is 9. The van der Waals surface area contributed by atoms with Crippen LogP contribution in [0.25, 0.3) is 0 Å². The summed E-state index contributed by atoms with van der Waals surface area (Å²) in [4.78, 5) is 36.6. The summed E-state index contributed by atoms with van der Waals surface area (Å²) in [6.45, 7) is -0.650. The van der Waals surface area contributed by atoms with E-state index in [1.165, 1.54) is 59.8 Å². The maximum atomic E-state index is 12.4. The van der Waals surface area contributed by atoms with Crippen molar-refractivity contribution in [3.63, 3.8) is 0 Å². The molecule has 0 spiro atoms. The maximum absolute atomic E-state index is 12.4. The highest BCUT2D eigenvalue weighted by molar-refractivity contribution is 5.97. The molecule has 0 aliphatic heterocycles. The van der Waals surface area contributed by atoms with Crippen molar-refractivity contribution in [1.82, 2.24) is 10.9 Å². The lowest BCUT2D eigenvalue weighted by Crippen LogP contribution is -2.43. The Bertz CT molecular complexity index is 991. The van der Waals surface area contributed by atoms with Crippen molar-refractivity contribution in [2.24, 2.45) is 0 Å². The van der Waals surface area contributed by atoms with Crippen LogP contribution in [0.15, 0.2) is 30.3 Å². The van der Waals surface area contributed by atoms with Gasteiger partial charge in [0.25, 0.3) is 11.8 Å². The van der Waals surface area contributed by atoms with E-state index in [1.54, 1.807) is 6.07 Å². The third-order valence-electron chi connectivity index (χ3n) is 4.22. The minimum Gasteiger partial charge on any atom is -0.493 e. The smallest absolute Gasteiger partial charge is 0.342 e. The van der Waals surface area contributed by atoms with E-state index in [0.717, 1.165) is 0 Å². The van der Waals surface area contributed by atoms with E-state index in [4.69, 9.17) is 28.4 Å². The van der Waals surface area contributed by atoms with Crippen LogP contribution >= 0.6 is 0 Å². The number of carbonyl (C=O) groups excluding carboxylic acids is 3. The molecule has 0 bridgehead atoms. The molecule has 32 heavy (non-hydrogen) atoms. The zero-order valence-corrected chi connectivity index (χ0v) is 18.3. The lowest BCUT2D eigenvalue weighted by atomic mass is 10.1. The molecule has 2 rings (SSSR count). The van der Waals surface area contributed by atoms with E-state index >= 15 is 0 Å². The quantitative estimate of drug-likeness (QED) is 0.431. The average molecular weight is 448 g/mol. The lowest BCUT2D eigenvalue weighted by molar-refractivity contribution is -0.125. The van der Waals surface area contributed by atoms with Crippen LogP contribution in [0.4, 0.5) is 0 Å². The zero-order chi connectivity index (χ0) is 23.7. The molecule has 0 saturated carbocycles. The summed E-state index contributed by atoms with van der Waals surface area (Å²) >= 11 is 0. The van der Waals surface area contributed by atoms with Crippen molar-refractivity contribution in [1.29, 1.82) is 0 Å². The van der Waals surface area contributed by atoms with Crippen molar-refractivity contribution < 1.29 is 42.8 Å². The van der Waals surface area contributed by atoms with E-state index in [2.05, 4.69) is 10.9 Å². The van der Waals surface area contributed by atoms with Gasteiger partial charge in [-0.15, -0.1) is 0 Å². The Morgan fingerprint density at radius 2 is 1.34 bits per heavy atom. The van der Waals surface area contributed by atoms with Gasteiger partial charge in [0.1, 0.15) is 5.56 Å². The number of amides is 2. The molecule has 2 aromatic carbocycles. The number of rotatable bonds is 9. The van der Waals surface area contributed by atoms with Gasteiger partial charge in [-0.25, -0.2) is 4.79 Å². The van der Waals surface area contributed by atoms with Gasteiger partial charge < -0.3 is 28.4 Å². The predicted octanol–water partition coefficient (Wildman–Crippen LogP) is 1.35. The van der Waals surface area contributed by atoms with Crippen LogP contribution in [0, 0.1) is 0 Å². The molecule has 11 nitrogen and oxygen atoms in total. The third kappa shape index (κ3) is 5.50. The highest BCUT2D eigenvalue weighted by Gasteiger charge is 2.22. The first-order valence-electron chi connectivity index (χ1n) is 9.17. The highest BCUT2D eigenvalue weighted by atomic mass is 16.5. The van der Waals surface area contributed by atoms with E-state index in [-0.39, 0.29) is 22.6 Å².